The molecule has 24 heavy (non-hydrogen) atoms. The van der Waals surface area contributed by atoms with Crippen LogP contribution in [0.4, 0.5) is 0 Å². The minimum atomic E-state index is 0.933. The third kappa shape index (κ3) is 1.41. The van der Waals surface area contributed by atoms with E-state index in [0.29, 0.717) is 0 Å². The molecule has 4 aromatic carbocycles. The Morgan fingerprint density at radius 1 is 0.333 bits per heavy atom. The number of fused-ring (bicyclic) bond motifs is 9. The first kappa shape index (κ1) is 12.2. The van der Waals surface area contributed by atoms with Crippen LogP contribution in [-0.4, -0.2) is 0 Å². The van der Waals surface area contributed by atoms with E-state index in [9.17, 15) is 0 Å². The molecule has 6 rings (SSSR count). The van der Waals surface area contributed by atoms with Crippen molar-refractivity contribution in [1.29, 1.82) is 0 Å². The van der Waals surface area contributed by atoms with Gasteiger partial charge >= 0.3 is 0 Å². The monoisotopic (exact) mass is 308 g/mol. The second kappa shape index (κ2) is 4.18. The fourth-order valence-corrected chi connectivity index (χ4v) is 3.94. The summed E-state index contributed by atoms with van der Waals surface area (Å²) in [5.74, 6) is 0. The van der Waals surface area contributed by atoms with Crippen LogP contribution in [0.25, 0.3) is 54.3 Å². The maximum Gasteiger partial charge on any atom is 0.134 e. The average Bonchev–Trinajstić information content (AvgIpc) is 3.29. The summed E-state index contributed by atoms with van der Waals surface area (Å²) in [4.78, 5) is 0. The first-order valence-electron chi connectivity index (χ1n) is 8.02. The van der Waals surface area contributed by atoms with E-state index in [1.807, 2.05) is 12.1 Å². The number of hydrogen-bond acceptors (Lipinski definition) is 2. The van der Waals surface area contributed by atoms with Crippen molar-refractivity contribution in [1.82, 2.24) is 0 Å². The standard InChI is InChI=1S/C22H12O2/c1-3-17-16(6-8-21-19(17)9-11-23-21)14-2-4-18-15(13(1)14)5-7-22-20(18)10-12-24-22/h1-12H. The lowest BCUT2D eigenvalue weighted by Gasteiger charge is -2.08. The molecule has 2 heteroatoms. The highest BCUT2D eigenvalue weighted by atomic mass is 16.3. The maximum atomic E-state index is 5.54. The Morgan fingerprint density at radius 2 is 0.667 bits per heavy atom. The lowest BCUT2D eigenvalue weighted by Crippen LogP contribution is -1.82. The van der Waals surface area contributed by atoms with Crippen LogP contribution in [0, 0.1) is 0 Å². The fraction of sp³-hybridized carbons (Fsp3) is 0. The molecule has 6 aromatic rings. The molecule has 0 bridgehead atoms. The number of furan rings is 2. The van der Waals surface area contributed by atoms with Crippen molar-refractivity contribution in [2.45, 2.75) is 0 Å². The highest BCUT2D eigenvalue weighted by Gasteiger charge is 2.10. The van der Waals surface area contributed by atoms with Gasteiger partial charge in [0.25, 0.3) is 0 Å². The van der Waals surface area contributed by atoms with Gasteiger partial charge in [-0.25, -0.2) is 0 Å². The lowest BCUT2D eigenvalue weighted by molar-refractivity contribution is 0.616. The zero-order valence-electron chi connectivity index (χ0n) is 12.7. The molecular weight excluding hydrogens is 296 g/mol. The van der Waals surface area contributed by atoms with Gasteiger partial charge in [-0.05, 0) is 56.6 Å². The summed E-state index contributed by atoms with van der Waals surface area (Å²) < 4.78 is 11.1. The van der Waals surface area contributed by atoms with Crippen LogP contribution in [-0.2, 0) is 0 Å². The first-order chi connectivity index (χ1) is 11.9. The van der Waals surface area contributed by atoms with E-state index in [-0.39, 0.29) is 0 Å². The van der Waals surface area contributed by atoms with Crippen LogP contribution in [0.5, 0.6) is 0 Å². The lowest BCUT2D eigenvalue weighted by atomic mass is 9.95. The normalized spacial score (nSPS) is 12.2. The summed E-state index contributed by atoms with van der Waals surface area (Å²) in [6.45, 7) is 0. The minimum absolute atomic E-state index is 0.933. The van der Waals surface area contributed by atoms with Gasteiger partial charge in [0.1, 0.15) is 11.2 Å². The van der Waals surface area contributed by atoms with Crippen molar-refractivity contribution in [3.63, 3.8) is 0 Å². The molecule has 0 aliphatic heterocycles. The summed E-state index contributed by atoms with van der Waals surface area (Å²) >= 11 is 0. The van der Waals surface area contributed by atoms with Gasteiger partial charge in [-0.15, -0.1) is 0 Å². The van der Waals surface area contributed by atoms with E-state index < -0.39 is 0 Å². The van der Waals surface area contributed by atoms with E-state index in [1.165, 1.54) is 43.1 Å². The van der Waals surface area contributed by atoms with Crippen LogP contribution in [0.1, 0.15) is 0 Å². The van der Waals surface area contributed by atoms with Gasteiger partial charge in [-0.2, -0.15) is 0 Å². The average molecular weight is 308 g/mol. The molecule has 0 fully saturated rings. The Labute approximate surface area is 136 Å². The second-order valence-electron chi connectivity index (χ2n) is 6.21. The zero-order valence-corrected chi connectivity index (χ0v) is 12.7. The highest BCUT2D eigenvalue weighted by molar-refractivity contribution is 6.24. The molecule has 0 aliphatic rings. The SMILES string of the molecule is c1cc2c(ccc3c2ccc2c4ccc5occc5c4ccc32)o1. The molecule has 0 amide bonds. The number of benzene rings is 4. The van der Waals surface area contributed by atoms with Gasteiger partial charge in [0.15, 0.2) is 0 Å². The van der Waals surface area contributed by atoms with Gasteiger partial charge in [0.05, 0.1) is 12.5 Å². The van der Waals surface area contributed by atoms with Crippen molar-refractivity contribution < 1.29 is 8.83 Å². The molecule has 0 N–H and O–H groups in total. The van der Waals surface area contributed by atoms with Crippen molar-refractivity contribution in [3.05, 3.63) is 73.2 Å². The van der Waals surface area contributed by atoms with E-state index in [4.69, 9.17) is 8.83 Å². The van der Waals surface area contributed by atoms with Gasteiger partial charge in [-0.3, -0.25) is 0 Å². The number of rotatable bonds is 0. The molecule has 2 aromatic heterocycles. The zero-order chi connectivity index (χ0) is 15.7. The molecule has 0 radical (unpaired) electrons. The fourth-order valence-electron chi connectivity index (χ4n) is 3.94. The molecule has 0 aliphatic carbocycles. The largest absolute Gasteiger partial charge is 0.464 e. The van der Waals surface area contributed by atoms with Gasteiger partial charge in [-0.1, -0.05) is 36.4 Å². The Kier molecular flexibility index (Phi) is 2.12. The number of hydrogen-bond donors (Lipinski definition) is 0. The molecule has 2 heterocycles. The summed E-state index contributed by atoms with van der Waals surface area (Å²) in [6, 6.07) is 21.4. The maximum absolute atomic E-state index is 5.54. The van der Waals surface area contributed by atoms with Crippen molar-refractivity contribution >= 4 is 54.3 Å². The third-order valence-electron chi connectivity index (χ3n) is 5.06. The Balaban J connectivity index is 1.86. The summed E-state index contributed by atoms with van der Waals surface area (Å²) in [5, 5.41) is 9.86. The van der Waals surface area contributed by atoms with E-state index in [2.05, 4.69) is 48.5 Å². The van der Waals surface area contributed by atoms with Crippen LogP contribution >= 0.6 is 0 Å². The van der Waals surface area contributed by atoms with E-state index in [0.717, 1.165) is 11.2 Å². The predicted octanol–water partition coefficient (Wildman–Crippen LogP) is 6.64. The Morgan fingerprint density at radius 3 is 1.08 bits per heavy atom. The summed E-state index contributed by atoms with van der Waals surface area (Å²) in [5.41, 5.74) is 1.87. The van der Waals surface area contributed by atoms with Crippen molar-refractivity contribution in [2.24, 2.45) is 0 Å². The molecule has 112 valence electrons. The molecule has 0 atom stereocenters. The topological polar surface area (TPSA) is 26.3 Å². The highest BCUT2D eigenvalue weighted by Crippen LogP contribution is 2.37. The predicted molar refractivity (Wildman–Crippen MR) is 98.5 cm³/mol. The van der Waals surface area contributed by atoms with Gasteiger partial charge < -0.3 is 8.83 Å². The van der Waals surface area contributed by atoms with Gasteiger partial charge in [0.2, 0.25) is 0 Å². The quantitative estimate of drug-likeness (QED) is 0.294. The first-order valence-corrected chi connectivity index (χ1v) is 8.02. The van der Waals surface area contributed by atoms with Crippen LogP contribution in [0.2, 0.25) is 0 Å². The smallest absolute Gasteiger partial charge is 0.134 e. The molecule has 0 unspecified atom stereocenters. The van der Waals surface area contributed by atoms with Crippen LogP contribution in [0.3, 0.4) is 0 Å². The van der Waals surface area contributed by atoms with Crippen LogP contribution in [0.15, 0.2) is 82.0 Å². The van der Waals surface area contributed by atoms with Crippen molar-refractivity contribution in [3.8, 4) is 0 Å². The summed E-state index contributed by atoms with van der Waals surface area (Å²) in [7, 11) is 0. The molecule has 0 saturated carbocycles. The third-order valence-corrected chi connectivity index (χ3v) is 5.06. The molecule has 0 saturated heterocycles. The van der Waals surface area contributed by atoms with Gasteiger partial charge in [0, 0.05) is 10.8 Å². The van der Waals surface area contributed by atoms with Crippen molar-refractivity contribution in [2.75, 3.05) is 0 Å². The van der Waals surface area contributed by atoms with E-state index in [1.54, 1.807) is 12.5 Å². The second-order valence-corrected chi connectivity index (χ2v) is 6.21. The minimum Gasteiger partial charge on any atom is -0.464 e. The molecule has 2 nitrogen and oxygen atoms in total. The summed E-state index contributed by atoms with van der Waals surface area (Å²) in [6.07, 6.45) is 3.51. The Hall–Kier alpha value is -3.26. The Bertz CT molecular complexity index is 1290. The molecular formula is C22H12O2. The van der Waals surface area contributed by atoms with E-state index >= 15 is 0 Å². The molecule has 0 spiro atoms. The van der Waals surface area contributed by atoms with Crippen LogP contribution < -0.4 is 0 Å².